The maximum absolute atomic E-state index is 11.8. The largest absolute Gasteiger partial charge is 0.474 e. The number of amides is 1. The van der Waals surface area contributed by atoms with Gasteiger partial charge in [-0.25, -0.2) is 15.0 Å². The number of ether oxygens (including phenoxy) is 1. The van der Waals surface area contributed by atoms with Crippen molar-refractivity contribution in [2.75, 3.05) is 50.1 Å². The van der Waals surface area contributed by atoms with E-state index in [1.54, 1.807) is 18.0 Å². The van der Waals surface area contributed by atoms with Crippen molar-refractivity contribution in [3.63, 3.8) is 0 Å². The van der Waals surface area contributed by atoms with Crippen LogP contribution in [0.2, 0.25) is 0 Å². The Morgan fingerprint density at radius 2 is 2.12 bits per heavy atom. The molecular weight excluding hydrogens is 434 g/mol. The maximum atomic E-state index is 11.8. The zero-order valence-corrected chi connectivity index (χ0v) is 19.5. The molecule has 178 valence electrons. The SMILES string of the molecule is Cc1c(N2CCc3cnc(/N=C(N)\C=C4\CCN(C)C(=O)CN4)nc3C2)cnc2c1NCCO2. The minimum Gasteiger partial charge on any atom is -0.474 e. The summed E-state index contributed by atoms with van der Waals surface area (Å²) in [7, 11) is 1.79. The lowest BCUT2D eigenvalue weighted by atomic mass is 10.0. The fraction of sp³-hybridized carbons (Fsp3) is 0.435. The normalized spacial score (nSPS) is 19.5. The summed E-state index contributed by atoms with van der Waals surface area (Å²) in [5.74, 6) is 1.34. The highest BCUT2D eigenvalue weighted by Crippen LogP contribution is 2.36. The first-order chi connectivity index (χ1) is 16.5. The molecular formula is C23H29N9O2. The molecule has 2 aromatic rings. The van der Waals surface area contributed by atoms with Crippen molar-refractivity contribution in [2.24, 2.45) is 10.7 Å². The van der Waals surface area contributed by atoms with Gasteiger partial charge in [-0.1, -0.05) is 0 Å². The Balaban J connectivity index is 1.34. The highest BCUT2D eigenvalue weighted by Gasteiger charge is 2.24. The third-order valence-electron chi connectivity index (χ3n) is 6.35. The summed E-state index contributed by atoms with van der Waals surface area (Å²) >= 11 is 0. The molecule has 1 amide bonds. The van der Waals surface area contributed by atoms with Gasteiger partial charge in [0, 0.05) is 50.6 Å². The average Bonchev–Trinajstić information content (AvgIpc) is 3.00. The molecule has 0 atom stereocenters. The number of aromatic nitrogens is 3. The predicted octanol–water partition coefficient (Wildman–Crippen LogP) is 0.871. The number of rotatable bonds is 3. The van der Waals surface area contributed by atoms with Gasteiger partial charge < -0.3 is 30.9 Å². The van der Waals surface area contributed by atoms with Crippen LogP contribution in [0.25, 0.3) is 0 Å². The van der Waals surface area contributed by atoms with Gasteiger partial charge in [0.1, 0.15) is 18.1 Å². The molecule has 3 aliphatic rings. The van der Waals surface area contributed by atoms with Crippen LogP contribution in [0.3, 0.4) is 0 Å². The zero-order valence-electron chi connectivity index (χ0n) is 19.5. The molecule has 5 rings (SSSR count). The molecule has 0 unspecified atom stereocenters. The van der Waals surface area contributed by atoms with E-state index in [0.29, 0.717) is 43.8 Å². The minimum absolute atomic E-state index is 0.0501. The summed E-state index contributed by atoms with van der Waals surface area (Å²) in [6.45, 7) is 5.86. The summed E-state index contributed by atoms with van der Waals surface area (Å²) < 4.78 is 5.66. The van der Waals surface area contributed by atoms with Gasteiger partial charge in [-0.05, 0) is 25.0 Å². The molecule has 0 radical (unpaired) electrons. The van der Waals surface area contributed by atoms with Crippen molar-refractivity contribution in [3.05, 3.63) is 41.0 Å². The molecule has 11 heteroatoms. The fourth-order valence-corrected chi connectivity index (χ4v) is 4.36. The van der Waals surface area contributed by atoms with Gasteiger partial charge in [0.05, 0.1) is 30.7 Å². The van der Waals surface area contributed by atoms with Gasteiger partial charge in [-0.15, -0.1) is 0 Å². The lowest BCUT2D eigenvalue weighted by Gasteiger charge is -2.32. The number of carbonyl (C=O) groups excluding carboxylic acids is 1. The quantitative estimate of drug-likeness (QED) is 0.448. The molecule has 34 heavy (non-hydrogen) atoms. The van der Waals surface area contributed by atoms with E-state index in [1.807, 2.05) is 12.4 Å². The first kappa shape index (κ1) is 21.9. The number of amidine groups is 1. The lowest BCUT2D eigenvalue weighted by molar-refractivity contribution is -0.128. The first-order valence-corrected chi connectivity index (χ1v) is 11.5. The number of aliphatic imine (C=N–C) groups is 1. The smallest absolute Gasteiger partial charge is 0.251 e. The topological polar surface area (TPSA) is 134 Å². The van der Waals surface area contributed by atoms with Gasteiger partial charge in [0.25, 0.3) is 5.95 Å². The molecule has 5 heterocycles. The summed E-state index contributed by atoms with van der Waals surface area (Å²) in [5, 5.41) is 6.52. The van der Waals surface area contributed by atoms with Gasteiger partial charge in [0.2, 0.25) is 11.8 Å². The highest BCUT2D eigenvalue weighted by molar-refractivity contribution is 5.93. The molecule has 3 aliphatic heterocycles. The van der Waals surface area contributed by atoms with E-state index in [1.165, 1.54) is 0 Å². The van der Waals surface area contributed by atoms with Gasteiger partial charge >= 0.3 is 0 Å². The summed E-state index contributed by atoms with van der Waals surface area (Å²) in [4.78, 5) is 33.8. The van der Waals surface area contributed by atoms with E-state index in [0.717, 1.165) is 53.4 Å². The molecule has 1 saturated heterocycles. The van der Waals surface area contributed by atoms with Crippen LogP contribution in [0.15, 0.2) is 29.2 Å². The monoisotopic (exact) mass is 463 g/mol. The van der Waals surface area contributed by atoms with Crippen LogP contribution in [0.1, 0.15) is 23.2 Å². The molecule has 0 bridgehead atoms. The summed E-state index contributed by atoms with van der Waals surface area (Å²) in [6, 6.07) is 0. The van der Waals surface area contributed by atoms with E-state index in [4.69, 9.17) is 10.5 Å². The maximum Gasteiger partial charge on any atom is 0.251 e. The van der Waals surface area contributed by atoms with Crippen molar-refractivity contribution >= 4 is 29.1 Å². The molecule has 0 aliphatic carbocycles. The number of nitrogens with two attached hydrogens (primary N) is 1. The number of carbonyl (C=O) groups is 1. The van der Waals surface area contributed by atoms with E-state index in [-0.39, 0.29) is 12.5 Å². The Morgan fingerprint density at radius 3 is 3.00 bits per heavy atom. The second-order valence-electron chi connectivity index (χ2n) is 8.66. The summed E-state index contributed by atoms with van der Waals surface area (Å²) in [5.41, 5.74) is 12.2. The zero-order chi connectivity index (χ0) is 23.7. The number of pyridine rings is 1. The van der Waals surface area contributed by atoms with E-state index in [9.17, 15) is 4.79 Å². The predicted molar refractivity (Wildman–Crippen MR) is 129 cm³/mol. The molecule has 0 spiro atoms. The Labute approximate surface area is 198 Å². The van der Waals surface area contributed by atoms with Crippen molar-refractivity contribution in [2.45, 2.75) is 26.3 Å². The number of fused-ring (bicyclic) bond motifs is 2. The number of likely N-dealkylation sites (N-methyl/N-ethyl adjacent to an activating group) is 1. The van der Waals surface area contributed by atoms with Crippen LogP contribution in [-0.4, -0.2) is 71.4 Å². The van der Waals surface area contributed by atoms with Gasteiger partial charge in [-0.2, -0.15) is 4.99 Å². The Bertz CT molecular complexity index is 1180. The first-order valence-electron chi connectivity index (χ1n) is 11.5. The summed E-state index contributed by atoms with van der Waals surface area (Å²) in [6.07, 6.45) is 6.98. The number of nitrogens with one attached hydrogen (secondary N) is 2. The van der Waals surface area contributed by atoms with Crippen LogP contribution in [0, 0.1) is 6.92 Å². The molecule has 11 nitrogen and oxygen atoms in total. The van der Waals surface area contributed by atoms with Crippen LogP contribution >= 0.6 is 0 Å². The third kappa shape index (κ3) is 4.45. The average molecular weight is 464 g/mol. The Kier molecular flexibility index (Phi) is 5.91. The van der Waals surface area contributed by atoms with Crippen molar-refractivity contribution in [3.8, 4) is 5.88 Å². The van der Waals surface area contributed by atoms with E-state index < -0.39 is 0 Å². The van der Waals surface area contributed by atoms with E-state index in [2.05, 4.69) is 42.4 Å². The Hall–Kier alpha value is -3.89. The molecule has 0 aromatic carbocycles. The second-order valence-corrected chi connectivity index (χ2v) is 8.66. The lowest BCUT2D eigenvalue weighted by Crippen LogP contribution is -2.32. The third-order valence-corrected chi connectivity index (χ3v) is 6.35. The van der Waals surface area contributed by atoms with Crippen LogP contribution in [0.4, 0.5) is 17.3 Å². The number of anilines is 2. The van der Waals surface area contributed by atoms with Crippen LogP contribution in [-0.2, 0) is 17.8 Å². The molecule has 0 saturated carbocycles. The highest BCUT2D eigenvalue weighted by atomic mass is 16.5. The van der Waals surface area contributed by atoms with Gasteiger partial charge in [-0.3, -0.25) is 4.79 Å². The van der Waals surface area contributed by atoms with Crippen molar-refractivity contribution in [1.82, 2.24) is 25.2 Å². The van der Waals surface area contributed by atoms with Crippen molar-refractivity contribution in [1.29, 1.82) is 0 Å². The van der Waals surface area contributed by atoms with E-state index >= 15 is 0 Å². The minimum atomic E-state index is 0.0501. The van der Waals surface area contributed by atoms with Crippen molar-refractivity contribution < 1.29 is 9.53 Å². The molecule has 4 N–H and O–H groups in total. The second kappa shape index (κ2) is 9.16. The molecule has 1 fully saturated rings. The van der Waals surface area contributed by atoms with Gasteiger partial charge in [0.15, 0.2) is 0 Å². The standard InChI is InChI=1S/C23H29N9O2/c1-14-18(11-27-22-21(14)25-5-8-34-22)32-7-3-15-10-28-23(29-17(15)13-32)30-19(24)9-16-4-6-31(2)20(33)12-26-16/h9-11,25-26H,3-8,12-13H2,1-2H3,(H2,24,28,29,30)/b16-9-. The number of nitrogens with zero attached hydrogens (tertiary/aromatic N) is 6. The van der Waals surface area contributed by atoms with Crippen LogP contribution < -0.4 is 26.0 Å². The van der Waals surface area contributed by atoms with Crippen LogP contribution in [0.5, 0.6) is 5.88 Å². The number of hydrogen-bond donors (Lipinski definition) is 3. The molecule has 2 aromatic heterocycles. The fourth-order valence-electron chi connectivity index (χ4n) is 4.36. The number of hydrogen-bond acceptors (Lipinski definition) is 9. The Morgan fingerprint density at radius 1 is 1.24 bits per heavy atom.